The summed E-state index contributed by atoms with van der Waals surface area (Å²) < 4.78 is 0. The molecule has 2 heteroatoms. The average molecular weight is 252 g/mol. The third-order valence-corrected chi connectivity index (χ3v) is 3.04. The molecule has 2 nitrogen and oxygen atoms in total. The van der Waals surface area contributed by atoms with Gasteiger partial charge in [-0.15, -0.1) is 0 Å². The van der Waals surface area contributed by atoms with Gasteiger partial charge < -0.3 is 0 Å². The SMILES string of the molecule is CC.Cc1ccc2c(n1)-c1nc(C)ccc1CC=C2. The molecule has 0 bridgehead atoms. The van der Waals surface area contributed by atoms with Gasteiger partial charge in [0, 0.05) is 17.0 Å². The first-order chi connectivity index (χ1) is 9.24. The zero-order chi connectivity index (χ0) is 13.8. The Morgan fingerprint density at radius 2 is 1.47 bits per heavy atom. The Morgan fingerprint density at radius 3 is 2.21 bits per heavy atom. The minimum Gasteiger partial charge on any atom is -0.251 e. The van der Waals surface area contributed by atoms with Gasteiger partial charge >= 0.3 is 0 Å². The van der Waals surface area contributed by atoms with Crippen LogP contribution in [0.25, 0.3) is 17.5 Å². The highest BCUT2D eigenvalue weighted by Gasteiger charge is 2.14. The monoisotopic (exact) mass is 252 g/mol. The second-order valence-corrected chi connectivity index (χ2v) is 4.46. The summed E-state index contributed by atoms with van der Waals surface area (Å²) in [6.45, 7) is 8.04. The molecule has 0 N–H and O–H groups in total. The number of rotatable bonds is 0. The van der Waals surface area contributed by atoms with Crippen molar-refractivity contribution in [3.63, 3.8) is 0 Å². The first-order valence-electron chi connectivity index (χ1n) is 6.85. The summed E-state index contributed by atoms with van der Waals surface area (Å²) in [5, 5.41) is 0. The van der Waals surface area contributed by atoms with Crippen LogP contribution < -0.4 is 0 Å². The molecule has 0 aliphatic heterocycles. The molecule has 0 spiro atoms. The molecule has 2 heterocycles. The van der Waals surface area contributed by atoms with E-state index >= 15 is 0 Å². The first-order valence-corrected chi connectivity index (χ1v) is 6.85. The largest absolute Gasteiger partial charge is 0.251 e. The number of fused-ring (bicyclic) bond motifs is 3. The van der Waals surface area contributed by atoms with Crippen LogP contribution in [0, 0.1) is 13.8 Å². The molecular weight excluding hydrogens is 232 g/mol. The van der Waals surface area contributed by atoms with Gasteiger partial charge in [0.05, 0.1) is 11.4 Å². The van der Waals surface area contributed by atoms with E-state index in [2.05, 4.69) is 40.3 Å². The third-order valence-electron chi connectivity index (χ3n) is 3.04. The molecule has 0 amide bonds. The van der Waals surface area contributed by atoms with Crippen LogP contribution in [0.15, 0.2) is 30.3 Å². The molecule has 1 aliphatic carbocycles. The molecule has 3 rings (SSSR count). The molecule has 2 aromatic rings. The van der Waals surface area contributed by atoms with E-state index in [-0.39, 0.29) is 0 Å². The standard InChI is InChI=1S/C15H14N2.C2H6/c1-10-6-8-12-4-3-5-13-9-7-11(2)17-15(13)14(12)16-10;1-2/h3-4,6-9H,5H2,1-2H3;1-2H3. The van der Waals surface area contributed by atoms with E-state index < -0.39 is 0 Å². The second-order valence-electron chi connectivity index (χ2n) is 4.46. The Balaban J connectivity index is 0.000000637. The highest BCUT2D eigenvalue weighted by Crippen LogP contribution is 2.28. The van der Waals surface area contributed by atoms with Crippen LogP contribution in [0.5, 0.6) is 0 Å². The molecule has 98 valence electrons. The van der Waals surface area contributed by atoms with E-state index in [1.165, 1.54) is 5.56 Å². The summed E-state index contributed by atoms with van der Waals surface area (Å²) in [6.07, 6.45) is 5.25. The molecular formula is C17H20N2. The van der Waals surface area contributed by atoms with Crippen LogP contribution in [0.4, 0.5) is 0 Å². The van der Waals surface area contributed by atoms with Gasteiger partial charge in [-0.2, -0.15) is 0 Å². The first kappa shape index (κ1) is 13.5. The molecule has 0 aromatic carbocycles. The highest BCUT2D eigenvalue weighted by molar-refractivity contribution is 5.74. The van der Waals surface area contributed by atoms with Crippen molar-refractivity contribution in [3.8, 4) is 11.4 Å². The minimum absolute atomic E-state index is 0.929. The van der Waals surface area contributed by atoms with Crippen LogP contribution in [-0.2, 0) is 6.42 Å². The summed E-state index contributed by atoms with van der Waals surface area (Å²) >= 11 is 0. The summed E-state index contributed by atoms with van der Waals surface area (Å²) in [5.41, 5.74) is 6.54. The Hall–Kier alpha value is -1.96. The van der Waals surface area contributed by atoms with Gasteiger partial charge in [0.2, 0.25) is 0 Å². The van der Waals surface area contributed by atoms with E-state index in [1.807, 2.05) is 33.8 Å². The predicted molar refractivity (Wildman–Crippen MR) is 81.0 cm³/mol. The number of hydrogen-bond acceptors (Lipinski definition) is 2. The fraction of sp³-hybridized carbons (Fsp3) is 0.294. The highest BCUT2D eigenvalue weighted by atomic mass is 14.8. The number of hydrogen-bond donors (Lipinski definition) is 0. The smallest absolute Gasteiger partial charge is 0.0964 e. The number of nitrogens with zero attached hydrogens (tertiary/aromatic N) is 2. The summed E-state index contributed by atoms with van der Waals surface area (Å²) in [5.74, 6) is 0. The summed E-state index contributed by atoms with van der Waals surface area (Å²) in [4.78, 5) is 9.30. The Kier molecular flexibility index (Phi) is 4.10. The second kappa shape index (κ2) is 5.79. The molecule has 0 saturated heterocycles. The van der Waals surface area contributed by atoms with Crippen molar-refractivity contribution in [1.29, 1.82) is 0 Å². The fourth-order valence-corrected chi connectivity index (χ4v) is 2.16. The van der Waals surface area contributed by atoms with Crippen molar-refractivity contribution in [2.24, 2.45) is 0 Å². The molecule has 2 aromatic heterocycles. The van der Waals surface area contributed by atoms with E-state index in [0.29, 0.717) is 0 Å². The van der Waals surface area contributed by atoms with Crippen molar-refractivity contribution in [2.45, 2.75) is 34.1 Å². The lowest BCUT2D eigenvalue weighted by atomic mass is 10.1. The summed E-state index contributed by atoms with van der Waals surface area (Å²) in [6, 6.07) is 8.38. The van der Waals surface area contributed by atoms with E-state index in [1.54, 1.807) is 0 Å². The van der Waals surface area contributed by atoms with Crippen molar-refractivity contribution in [3.05, 3.63) is 52.9 Å². The molecule has 0 fully saturated rings. The van der Waals surface area contributed by atoms with E-state index in [9.17, 15) is 0 Å². The number of aryl methyl sites for hydroxylation is 2. The molecule has 1 aliphatic rings. The fourth-order valence-electron chi connectivity index (χ4n) is 2.16. The van der Waals surface area contributed by atoms with Crippen molar-refractivity contribution in [2.75, 3.05) is 0 Å². The van der Waals surface area contributed by atoms with Gasteiger partial charge in [-0.1, -0.05) is 38.1 Å². The third kappa shape index (κ3) is 2.73. The van der Waals surface area contributed by atoms with Gasteiger partial charge in [-0.25, -0.2) is 0 Å². The topological polar surface area (TPSA) is 25.8 Å². The summed E-state index contributed by atoms with van der Waals surface area (Å²) in [7, 11) is 0. The minimum atomic E-state index is 0.929. The maximum atomic E-state index is 4.65. The Bertz CT molecular complexity index is 613. The number of aromatic nitrogens is 2. The molecule has 0 unspecified atom stereocenters. The predicted octanol–water partition coefficient (Wildman–Crippen LogP) is 4.36. The molecule has 0 saturated carbocycles. The normalized spacial score (nSPS) is 11.8. The Morgan fingerprint density at radius 1 is 0.842 bits per heavy atom. The average Bonchev–Trinajstić information content (AvgIpc) is 2.60. The van der Waals surface area contributed by atoms with Crippen molar-refractivity contribution < 1.29 is 0 Å². The van der Waals surface area contributed by atoms with E-state index in [4.69, 9.17) is 0 Å². The van der Waals surface area contributed by atoms with Gasteiger partial charge in [0.25, 0.3) is 0 Å². The number of pyridine rings is 2. The molecule has 0 radical (unpaired) electrons. The quantitative estimate of drug-likeness (QED) is 0.696. The lowest BCUT2D eigenvalue weighted by Gasteiger charge is -2.08. The lowest BCUT2D eigenvalue weighted by Crippen LogP contribution is -1.97. The van der Waals surface area contributed by atoms with Crippen molar-refractivity contribution >= 4 is 6.08 Å². The number of allylic oxidation sites excluding steroid dienone is 1. The van der Waals surface area contributed by atoms with Gasteiger partial charge in [0.15, 0.2) is 0 Å². The van der Waals surface area contributed by atoms with Crippen LogP contribution in [0.2, 0.25) is 0 Å². The van der Waals surface area contributed by atoms with E-state index in [0.717, 1.165) is 34.8 Å². The van der Waals surface area contributed by atoms with Gasteiger partial charge in [0.1, 0.15) is 0 Å². The van der Waals surface area contributed by atoms with Crippen LogP contribution in [-0.4, -0.2) is 9.97 Å². The lowest BCUT2D eigenvalue weighted by molar-refractivity contribution is 1.11. The Labute approximate surface area is 115 Å². The van der Waals surface area contributed by atoms with Gasteiger partial charge in [-0.05, 0) is 38.0 Å². The molecule has 0 atom stereocenters. The molecule has 19 heavy (non-hydrogen) atoms. The zero-order valence-electron chi connectivity index (χ0n) is 12.1. The maximum absolute atomic E-state index is 4.65. The van der Waals surface area contributed by atoms with Crippen LogP contribution in [0.1, 0.15) is 36.4 Å². The zero-order valence-corrected chi connectivity index (χ0v) is 12.1. The van der Waals surface area contributed by atoms with Crippen LogP contribution in [0.3, 0.4) is 0 Å². The van der Waals surface area contributed by atoms with Crippen LogP contribution >= 0.6 is 0 Å². The van der Waals surface area contributed by atoms with Crippen molar-refractivity contribution in [1.82, 2.24) is 9.97 Å². The maximum Gasteiger partial charge on any atom is 0.0964 e. The van der Waals surface area contributed by atoms with Gasteiger partial charge in [-0.3, -0.25) is 9.97 Å².